The highest BCUT2D eigenvalue weighted by Gasteiger charge is 2.57. The minimum atomic E-state index is -0.865. The third-order valence-electron chi connectivity index (χ3n) is 6.71. The van der Waals surface area contributed by atoms with Crippen LogP contribution in [-0.4, -0.2) is 73.5 Å². The van der Waals surface area contributed by atoms with Crippen molar-refractivity contribution in [1.29, 1.82) is 0 Å². The number of anilines is 2. The molecule has 2 saturated heterocycles. The van der Waals surface area contributed by atoms with Gasteiger partial charge in [-0.15, -0.1) is 0 Å². The molecule has 4 heterocycles. The van der Waals surface area contributed by atoms with Gasteiger partial charge in [-0.1, -0.05) is 11.8 Å². The molecule has 38 heavy (non-hydrogen) atoms. The second-order valence-electron chi connectivity index (χ2n) is 9.14. The molecule has 1 aromatic heterocycles. The Morgan fingerprint density at radius 1 is 1.34 bits per heavy atom. The van der Waals surface area contributed by atoms with E-state index in [4.69, 9.17) is 15.5 Å². The molecule has 3 aliphatic rings. The van der Waals surface area contributed by atoms with Crippen LogP contribution >= 0.6 is 23.5 Å². The first-order valence-electron chi connectivity index (χ1n) is 12.0. The highest BCUT2D eigenvalue weighted by Crippen LogP contribution is 2.49. The molecule has 0 saturated carbocycles. The maximum Gasteiger partial charge on any atom is 0.356 e. The minimum Gasteiger partial charge on any atom is -0.456 e. The molecule has 0 spiro atoms. The highest BCUT2D eigenvalue weighted by molar-refractivity contribution is 8.03. The van der Waals surface area contributed by atoms with Gasteiger partial charge in [-0.2, -0.15) is 11.8 Å². The summed E-state index contributed by atoms with van der Waals surface area (Å²) in [4.78, 5) is 49.6. The molecular weight excluding hydrogens is 532 g/mol. The fourth-order valence-electron chi connectivity index (χ4n) is 4.75. The topological polar surface area (TPSA) is 165 Å². The summed E-state index contributed by atoms with van der Waals surface area (Å²) in [6, 6.07) is 5.30. The third kappa shape index (κ3) is 5.02. The summed E-state index contributed by atoms with van der Waals surface area (Å²) in [5, 5.41) is 21.5. The van der Waals surface area contributed by atoms with E-state index in [1.54, 1.807) is 13.1 Å². The molecule has 200 valence electrons. The van der Waals surface area contributed by atoms with Gasteiger partial charge in [0.1, 0.15) is 23.1 Å². The summed E-state index contributed by atoms with van der Waals surface area (Å²) in [7, 11) is 0. The molecule has 0 aliphatic carbocycles. The van der Waals surface area contributed by atoms with E-state index < -0.39 is 22.9 Å². The quantitative estimate of drug-likeness (QED) is 0.210. The first-order chi connectivity index (χ1) is 18.2. The summed E-state index contributed by atoms with van der Waals surface area (Å²) in [6.45, 7) is 3.12. The number of thioether (sulfide) groups is 2. The van der Waals surface area contributed by atoms with Crippen LogP contribution in [0.2, 0.25) is 0 Å². The van der Waals surface area contributed by atoms with Gasteiger partial charge in [-0.05, 0) is 24.6 Å². The fraction of sp³-hybridized carbons (Fsp3) is 0.417. The Morgan fingerprint density at radius 3 is 2.71 bits per heavy atom. The van der Waals surface area contributed by atoms with Crippen molar-refractivity contribution in [2.75, 3.05) is 35.2 Å². The van der Waals surface area contributed by atoms with Crippen LogP contribution in [0.25, 0.3) is 0 Å². The first-order valence-corrected chi connectivity index (χ1v) is 14.0. The van der Waals surface area contributed by atoms with Crippen molar-refractivity contribution in [3.05, 3.63) is 56.7 Å². The fourth-order valence-corrected chi connectivity index (χ4v) is 6.72. The number of nitrogens with two attached hydrogens (primary N) is 1. The number of carbonyl (C=O) groups excluding carboxylic acids is 2. The number of nitro groups is 1. The molecular formula is C24H26N6O6S2. The minimum absolute atomic E-state index is 0.0697. The van der Waals surface area contributed by atoms with Gasteiger partial charge in [0.2, 0.25) is 5.91 Å². The zero-order valence-electron chi connectivity index (χ0n) is 20.5. The second kappa shape index (κ2) is 10.8. The number of ether oxygens (including phenoxy) is 1. The lowest BCUT2D eigenvalue weighted by atomic mass is 9.83. The Morgan fingerprint density at radius 2 is 2.05 bits per heavy atom. The van der Waals surface area contributed by atoms with E-state index in [0.29, 0.717) is 27.7 Å². The molecule has 2 aromatic rings. The molecule has 1 aromatic carbocycles. The van der Waals surface area contributed by atoms with Gasteiger partial charge in [-0.3, -0.25) is 14.9 Å². The maximum absolute atomic E-state index is 13.3. The van der Waals surface area contributed by atoms with E-state index in [9.17, 15) is 24.8 Å². The van der Waals surface area contributed by atoms with Crippen LogP contribution in [0, 0.1) is 16.0 Å². The van der Waals surface area contributed by atoms with Crippen molar-refractivity contribution >= 4 is 52.7 Å². The molecule has 2 fully saturated rings. The van der Waals surface area contributed by atoms with Crippen LogP contribution in [0.1, 0.15) is 18.9 Å². The van der Waals surface area contributed by atoms with Gasteiger partial charge >= 0.3 is 5.97 Å². The summed E-state index contributed by atoms with van der Waals surface area (Å²) >= 11 is 3.06. The van der Waals surface area contributed by atoms with Crippen molar-refractivity contribution in [2.24, 2.45) is 5.92 Å². The van der Waals surface area contributed by atoms with Crippen LogP contribution < -0.4 is 10.6 Å². The largest absolute Gasteiger partial charge is 0.456 e. The van der Waals surface area contributed by atoms with E-state index in [1.165, 1.54) is 40.9 Å². The molecule has 0 unspecified atom stereocenters. The maximum atomic E-state index is 13.3. The zero-order valence-corrected chi connectivity index (χ0v) is 22.1. The Kier molecular flexibility index (Phi) is 7.45. The van der Waals surface area contributed by atoms with Crippen molar-refractivity contribution in [1.82, 2.24) is 14.9 Å². The van der Waals surface area contributed by atoms with E-state index in [1.807, 2.05) is 11.8 Å². The lowest BCUT2D eigenvalue weighted by Gasteiger charge is -2.44. The van der Waals surface area contributed by atoms with E-state index in [2.05, 4.69) is 9.88 Å². The molecule has 0 bridgehead atoms. The van der Waals surface area contributed by atoms with Gasteiger partial charge in [0.05, 0.1) is 29.2 Å². The van der Waals surface area contributed by atoms with Crippen LogP contribution in [0.4, 0.5) is 17.3 Å². The van der Waals surface area contributed by atoms with Crippen molar-refractivity contribution in [3.63, 3.8) is 0 Å². The number of nitrogen functional groups attached to an aromatic ring is 1. The molecule has 1 amide bonds. The number of hydrogen-bond acceptors (Lipinski definition) is 12. The average Bonchev–Trinajstić information content (AvgIpc) is 3.22. The molecule has 14 heteroatoms. The summed E-state index contributed by atoms with van der Waals surface area (Å²) < 4.78 is 5.51. The molecule has 0 radical (unpaired) electrons. The van der Waals surface area contributed by atoms with E-state index >= 15 is 0 Å². The van der Waals surface area contributed by atoms with Gasteiger partial charge in [-0.25, -0.2) is 14.8 Å². The number of aliphatic hydroxyl groups is 1. The smallest absolute Gasteiger partial charge is 0.356 e. The van der Waals surface area contributed by atoms with Gasteiger partial charge in [0.15, 0.2) is 5.82 Å². The number of β-lactam (4-membered cyclic amide) rings is 1. The monoisotopic (exact) mass is 558 g/mol. The number of esters is 1. The average molecular weight is 559 g/mol. The number of nitrogens with zero attached hydrogens (tertiary/aromatic N) is 5. The van der Waals surface area contributed by atoms with Gasteiger partial charge in [0.25, 0.3) is 5.69 Å². The zero-order chi connectivity index (χ0) is 27.0. The number of aromatic nitrogens is 2. The highest BCUT2D eigenvalue weighted by atomic mass is 32.2. The van der Waals surface area contributed by atoms with Crippen LogP contribution in [0.3, 0.4) is 0 Å². The van der Waals surface area contributed by atoms with Gasteiger partial charge in [0, 0.05) is 48.1 Å². The summed E-state index contributed by atoms with van der Waals surface area (Å²) in [6.07, 6.45) is 1.12. The lowest BCUT2D eigenvalue weighted by Crippen LogP contribution is -2.61. The Hall–Kier alpha value is -3.36. The van der Waals surface area contributed by atoms with E-state index in [-0.39, 0.29) is 35.8 Å². The molecule has 3 N–H and O–H groups in total. The lowest BCUT2D eigenvalue weighted by molar-refractivity contribution is -0.384. The summed E-state index contributed by atoms with van der Waals surface area (Å²) in [5.74, 6) is 1.22. The van der Waals surface area contributed by atoms with Crippen LogP contribution in [0.15, 0.2) is 46.1 Å². The number of non-ortho nitro benzene ring substituents is 1. The Labute approximate surface area is 226 Å². The number of amides is 1. The predicted octanol–water partition coefficient (Wildman–Crippen LogP) is 2.18. The SMILES string of the molecule is C[C@@H](O)[C@H]1C(=O)N2C(C(=O)OCc3ccc([N+](=O)[O-])cc3)=C(Sc3nc(N4CCSCC4)cnc3N)C[C@H]12. The Balaban J connectivity index is 1.39. The third-order valence-corrected chi connectivity index (χ3v) is 8.75. The number of fused-ring (bicyclic) bond motifs is 1. The molecule has 3 aliphatic heterocycles. The first kappa shape index (κ1) is 26.3. The van der Waals surface area contributed by atoms with Crippen LogP contribution in [-0.2, 0) is 20.9 Å². The number of carbonyl (C=O) groups is 2. The number of hydrogen-bond donors (Lipinski definition) is 2. The van der Waals surface area contributed by atoms with Crippen molar-refractivity contribution in [3.8, 4) is 0 Å². The number of nitro benzene ring substituents is 1. The normalized spacial score (nSPS) is 21.7. The Bertz CT molecular complexity index is 1300. The van der Waals surface area contributed by atoms with Gasteiger partial charge < -0.3 is 25.4 Å². The molecule has 5 rings (SSSR count). The predicted molar refractivity (Wildman–Crippen MR) is 142 cm³/mol. The summed E-state index contributed by atoms with van der Waals surface area (Å²) in [5.41, 5.74) is 6.74. The molecule has 3 atom stereocenters. The second-order valence-corrected chi connectivity index (χ2v) is 11.4. The van der Waals surface area contributed by atoms with Crippen molar-refractivity contribution < 1.29 is 24.4 Å². The van der Waals surface area contributed by atoms with Crippen molar-refractivity contribution in [2.45, 2.75) is 37.1 Å². The number of benzene rings is 1. The standard InChI is InChI=1S/C24H26N6O6S2/c1-13(31)19-16-10-17(38-22-21(25)26-11-18(27-22)28-6-8-37-9-7-28)20(29(16)23(19)32)24(33)36-12-14-2-4-15(5-3-14)30(34)35/h2-5,11,13,16,19,31H,6-10,12H2,1H3,(H2,25,26)/t13-,16-,19-/m1/s1. The number of rotatable bonds is 8. The van der Waals surface area contributed by atoms with E-state index in [0.717, 1.165) is 24.6 Å². The molecule has 12 nitrogen and oxygen atoms in total. The number of aliphatic hydroxyl groups excluding tert-OH is 1. The van der Waals surface area contributed by atoms with Crippen LogP contribution in [0.5, 0.6) is 0 Å².